The van der Waals surface area contributed by atoms with Crippen molar-refractivity contribution < 1.29 is 9.47 Å². The summed E-state index contributed by atoms with van der Waals surface area (Å²) in [6.07, 6.45) is 2.29. The molecule has 0 saturated carbocycles. The van der Waals surface area contributed by atoms with Crippen LogP contribution in [0.5, 0.6) is 11.5 Å². The van der Waals surface area contributed by atoms with Crippen LogP contribution in [-0.2, 0) is 4.74 Å². The van der Waals surface area contributed by atoms with Crippen molar-refractivity contribution in [3.8, 4) is 11.5 Å². The van der Waals surface area contributed by atoms with Crippen LogP contribution in [0.2, 0.25) is 0 Å². The number of rotatable bonds is 5. The van der Waals surface area contributed by atoms with Gasteiger partial charge in [-0.15, -0.1) is 0 Å². The fourth-order valence-electron chi connectivity index (χ4n) is 2.59. The molecule has 1 saturated heterocycles. The Morgan fingerprint density at radius 1 is 1.04 bits per heavy atom. The van der Waals surface area contributed by atoms with Gasteiger partial charge >= 0.3 is 0 Å². The maximum Gasteiger partial charge on any atom is 0.127 e. The summed E-state index contributed by atoms with van der Waals surface area (Å²) in [6, 6.07) is 16.1. The van der Waals surface area contributed by atoms with Crippen molar-refractivity contribution in [2.75, 3.05) is 32.8 Å². The van der Waals surface area contributed by atoms with E-state index in [0.29, 0.717) is 0 Å². The fourth-order valence-corrected chi connectivity index (χ4v) is 2.86. The molecule has 3 rings (SSSR count). The highest BCUT2D eigenvalue weighted by molar-refractivity contribution is 9.10. The summed E-state index contributed by atoms with van der Waals surface area (Å²) >= 11 is 3.43. The number of halogens is 1. The standard InChI is InChI=1S/C20H22BrNO2/c1-16(10-11-22-12-14-23-15-13-22)17-2-6-19(7-3-17)24-20-8-4-18(21)5-9-20/h2-10H,11-15H2,1H3. The molecule has 0 N–H and O–H groups in total. The molecule has 0 unspecified atom stereocenters. The van der Waals surface area contributed by atoms with Gasteiger partial charge in [-0.25, -0.2) is 0 Å². The Morgan fingerprint density at radius 3 is 2.25 bits per heavy atom. The third-order valence-corrected chi connectivity index (χ3v) is 4.65. The van der Waals surface area contributed by atoms with E-state index in [1.807, 2.05) is 36.4 Å². The monoisotopic (exact) mass is 387 g/mol. The summed E-state index contributed by atoms with van der Waals surface area (Å²) in [4.78, 5) is 2.41. The Morgan fingerprint density at radius 2 is 1.62 bits per heavy atom. The number of ether oxygens (including phenoxy) is 2. The second-order valence-electron chi connectivity index (χ2n) is 5.88. The lowest BCUT2D eigenvalue weighted by Gasteiger charge is -2.25. The molecule has 0 amide bonds. The molecular weight excluding hydrogens is 366 g/mol. The first-order chi connectivity index (χ1) is 11.7. The van der Waals surface area contributed by atoms with E-state index < -0.39 is 0 Å². The van der Waals surface area contributed by atoms with E-state index in [2.05, 4.69) is 46.0 Å². The average Bonchev–Trinajstić information content (AvgIpc) is 2.63. The lowest BCUT2D eigenvalue weighted by Crippen LogP contribution is -2.36. The zero-order chi connectivity index (χ0) is 16.8. The van der Waals surface area contributed by atoms with Gasteiger partial charge in [0, 0.05) is 24.1 Å². The molecule has 2 aromatic rings. The second-order valence-corrected chi connectivity index (χ2v) is 6.80. The second kappa shape index (κ2) is 8.47. The van der Waals surface area contributed by atoms with Gasteiger partial charge in [-0.3, -0.25) is 4.90 Å². The number of morpholine rings is 1. The van der Waals surface area contributed by atoms with E-state index >= 15 is 0 Å². The Labute approximate surface area is 152 Å². The Kier molecular flexibility index (Phi) is 6.07. The van der Waals surface area contributed by atoms with E-state index in [1.54, 1.807) is 0 Å². The van der Waals surface area contributed by atoms with Crippen molar-refractivity contribution in [3.05, 3.63) is 64.6 Å². The van der Waals surface area contributed by atoms with Crippen molar-refractivity contribution in [1.82, 2.24) is 4.90 Å². The van der Waals surface area contributed by atoms with Gasteiger partial charge in [0.1, 0.15) is 11.5 Å². The van der Waals surface area contributed by atoms with Gasteiger partial charge in [-0.1, -0.05) is 34.1 Å². The summed E-state index contributed by atoms with van der Waals surface area (Å²) in [7, 11) is 0. The van der Waals surface area contributed by atoms with Crippen LogP contribution >= 0.6 is 15.9 Å². The van der Waals surface area contributed by atoms with Crippen molar-refractivity contribution in [2.24, 2.45) is 0 Å². The van der Waals surface area contributed by atoms with Gasteiger partial charge in [0.15, 0.2) is 0 Å². The number of benzene rings is 2. The smallest absolute Gasteiger partial charge is 0.127 e. The normalized spacial score (nSPS) is 16.2. The quantitative estimate of drug-likeness (QED) is 0.722. The van der Waals surface area contributed by atoms with Crippen LogP contribution in [0.3, 0.4) is 0 Å². The molecule has 0 spiro atoms. The highest BCUT2D eigenvalue weighted by atomic mass is 79.9. The maximum absolute atomic E-state index is 5.86. The lowest BCUT2D eigenvalue weighted by atomic mass is 10.1. The molecule has 1 aliphatic heterocycles. The molecule has 1 heterocycles. The molecule has 126 valence electrons. The molecular formula is C20H22BrNO2. The van der Waals surface area contributed by atoms with Gasteiger partial charge in [0.2, 0.25) is 0 Å². The minimum absolute atomic E-state index is 0.838. The molecule has 0 atom stereocenters. The zero-order valence-corrected chi connectivity index (χ0v) is 15.5. The van der Waals surface area contributed by atoms with Crippen LogP contribution in [0.4, 0.5) is 0 Å². The highest BCUT2D eigenvalue weighted by Crippen LogP contribution is 2.25. The molecule has 0 aliphatic carbocycles. The summed E-state index contributed by atoms with van der Waals surface area (Å²) < 4.78 is 12.3. The van der Waals surface area contributed by atoms with E-state index in [1.165, 1.54) is 11.1 Å². The summed E-state index contributed by atoms with van der Waals surface area (Å²) in [5.74, 6) is 1.69. The first kappa shape index (κ1) is 17.2. The topological polar surface area (TPSA) is 21.7 Å². The van der Waals surface area contributed by atoms with E-state index in [4.69, 9.17) is 9.47 Å². The van der Waals surface area contributed by atoms with Gasteiger partial charge < -0.3 is 9.47 Å². The minimum Gasteiger partial charge on any atom is -0.457 e. The van der Waals surface area contributed by atoms with E-state index in [-0.39, 0.29) is 0 Å². The van der Waals surface area contributed by atoms with E-state index in [0.717, 1.165) is 48.8 Å². The molecule has 4 heteroatoms. The Balaban J connectivity index is 1.59. The largest absolute Gasteiger partial charge is 0.457 e. The van der Waals surface area contributed by atoms with Crippen LogP contribution in [0.1, 0.15) is 12.5 Å². The number of nitrogens with zero attached hydrogens (tertiary/aromatic N) is 1. The molecule has 3 nitrogen and oxygen atoms in total. The Hall–Kier alpha value is -1.62. The summed E-state index contributed by atoms with van der Waals surface area (Å²) in [6.45, 7) is 6.86. The van der Waals surface area contributed by atoms with Gasteiger partial charge in [-0.05, 0) is 54.5 Å². The lowest BCUT2D eigenvalue weighted by molar-refractivity contribution is 0.0435. The van der Waals surface area contributed by atoms with Gasteiger partial charge in [0.05, 0.1) is 13.2 Å². The van der Waals surface area contributed by atoms with Crippen molar-refractivity contribution >= 4 is 21.5 Å². The predicted octanol–water partition coefficient (Wildman–Crippen LogP) is 4.98. The summed E-state index contributed by atoms with van der Waals surface area (Å²) in [5.41, 5.74) is 2.52. The maximum atomic E-state index is 5.86. The van der Waals surface area contributed by atoms with Crippen LogP contribution in [0.25, 0.3) is 5.57 Å². The van der Waals surface area contributed by atoms with Crippen LogP contribution in [0, 0.1) is 0 Å². The Bertz CT molecular complexity index is 674. The van der Waals surface area contributed by atoms with Crippen molar-refractivity contribution in [3.63, 3.8) is 0 Å². The van der Waals surface area contributed by atoms with Crippen LogP contribution < -0.4 is 4.74 Å². The SMILES string of the molecule is CC(=CCN1CCOCC1)c1ccc(Oc2ccc(Br)cc2)cc1. The first-order valence-electron chi connectivity index (χ1n) is 8.21. The molecule has 1 fully saturated rings. The average molecular weight is 388 g/mol. The highest BCUT2D eigenvalue weighted by Gasteiger charge is 2.08. The number of allylic oxidation sites excluding steroid dienone is 1. The van der Waals surface area contributed by atoms with Crippen molar-refractivity contribution in [1.29, 1.82) is 0 Å². The molecule has 0 bridgehead atoms. The van der Waals surface area contributed by atoms with Crippen LogP contribution in [-0.4, -0.2) is 37.7 Å². The molecule has 2 aromatic carbocycles. The fraction of sp³-hybridized carbons (Fsp3) is 0.300. The first-order valence-corrected chi connectivity index (χ1v) is 9.01. The zero-order valence-electron chi connectivity index (χ0n) is 13.9. The van der Waals surface area contributed by atoms with Gasteiger partial charge in [0.25, 0.3) is 0 Å². The molecule has 0 radical (unpaired) electrons. The molecule has 0 aromatic heterocycles. The van der Waals surface area contributed by atoms with E-state index in [9.17, 15) is 0 Å². The molecule has 24 heavy (non-hydrogen) atoms. The third-order valence-electron chi connectivity index (χ3n) is 4.12. The minimum atomic E-state index is 0.838. The van der Waals surface area contributed by atoms with Gasteiger partial charge in [-0.2, -0.15) is 0 Å². The number of hydrogen-bond donors (Lipinski definition) is 0. The third kappa shape index (κ3) is 4.94. The number of hydrogen-bond acceptors (Lipinski definition) is 3. The summed E-state index contributed by atoms with van der Waals surface area (Å²) in [5, 5.41) is 0. The molecule has 1 aliphatic rings. The van der Waals surface area contributed by atoms with Crippen molar-refractivity contribution in [2.45, 2.75) is 6.92 Å². The van der Waals surface area contributed by atoms with Crippen LogP contribution in [0.15, 0.2) is 59.1 Å². The predicted molar refractivity (Wildman–Crippen MR) is 102 cm³/mol.